The Balaban J connectivity index is 2.34. The van der Waals surface area contributed by atoms with Crippen molar-refractivity contribution in [1.82, 2.24) is 14.5 Å². The van der Waals surface area contributed by atoms with E-state index in [9.17, 15) is 4.79 Å². The molecule has 3 heterocycles. The standard InChI is InChI=1S/C11H11N3OS/c15-11-8-2-3-12-6-9(8)13-10-7-16-5-1-4-14(10)11/h2-3,6H,1,4-5,7H2. The predicted octanol–water partition coefficient (Wildman–Crippen LogP) is 1.43. The molecule has 0 saturated heterocycles. The van der Waals surface area contributed by atoms with Crippen LogP contribution in [0.15, 0.2) is 23.3 Å². The lowest BCUT2D eigenvalue weighted by molar-refractivity contribution is 0.635. The number of rotatable bonds is 0. The molecule has 0 saturated carbocycles. The van der Waals surface area contributed by atoms with Crippen LogP contribution in [-0.4, -0.2) is 20.3 Å². The summed E-state index contributed by atoms with van der Waals surface area (Å²) in [5.74, 6) is 2.80. The highest BCUT2D eigenvalue weighted by Gasteiger charge is 2.13. The van der Waals surface area contributed by atoms with Crippen molar-refractivity contribution in [3.8, 4) is 0 Å². The molecule has 0 aromatic carbocycles. The Hall–Kier alpha value is -1.36. The molecule has 1 aliphatic rings. The predicted molar refractivity (Wildman–Crippen MR) is 64.6 cm³/mol. The Kier molecular flexibility index (Phi) is 2.40. The molecule has 0 spiro atoms. The van der Waals surface area contributed by atoms with Crippen LogP contribution in [0.1, 0.15) is 12.2 Å². The number of nitrogens with zero attached hydrogens (tertiary/aromatic N) is 3. The summed E-state index contributed by atoms with van der Waals surface area (Å²) in [6, 6.07) is 1.75. The van der Waals surface area contributed by atoms with Gasteiger partial charge < -0.3 is 0 Å². The third-order valence-electron chi connectivity index (χ3n) is 2.74. The SMILES string of the molecule is O=c1c2ccncc2nc2n1CCCSC2. The fraction of sp³-hybridized carbons (Fsp3) is 0.364. The summed E-state index contributed by atoms with van der Waals surface area (Å²) in [5, 5.41) is 0.672. The fourth-order valence-electron chi connectivity index (χ4n) is 1.95. The average molecular weight is 233 g/mol. The third kappa shape index (κ3) is 1.51. The van der Waals surface area contributed by atoms with Crippen molar-refractivity contribution in [2.45, 2.75) is 18.7 Å². The molecule has 0 atom stereocenters. The van der Waals surface area contributed by atoms with E-state index in [1.165, 1.54) is 0 Å². The van der Waals surface area contributed by atoms with Gasteiger partial charge in [-0.15, -0.1) is 0 Å². The quantitative estimate of drug-likeness (QED) is 0.690. The van der Waals surface area contributed by atoms with Gasteiger partial charge >= 0.3 is 0 Å². The lowest BCUT2D eigenvalue weighted by Crippen LogP contribution is -2.24. The summed E-state index contributed by atoms with van der Waals surface area (Å²) >= 11 is 1.83. The number of aromatic nitrogens is 3. The zero-order valence-electron chi connectivity index (χ0n) is 8.72. The van der Waals surface area contributed by atoms with Gasteiger partial charge in [-0.25, -0.2) is 4.98 Å². The van der Waals surface area contributed by atoms with Crippen molar-refractivity contribution in [1.29, 1.82) is 0 Å². The number of hydrogen-bond acceptors (Lipinski definition) is 4. The first-order valence-corrected chi connectivity index (χ1v) is 6.43. The number of hydrogen-bond donors (Lipinski definition) is 0. The van der Waals surface area contributed by atoms with Gasteiger partial charge in [0.2, 0.25) is 0 Å². The number of fused-ring (bicyclic) bond motifs is 2. The molecule has 16 heavy (non-hydrogen) atoms. The zero-order chi connectivity index (χ0) is 11.0. The van der Waals surface area contributed by atoms with Crippen LogP contribution in [0.2, 0.25) is 0 Å². The van der Waals surface area contributed by atoms with Crippen LogP contribution in [0.3, 0.4) is 0 Å². The summed E-state index contributed by atoms with van der Waals surface area (Å²) in [6.07, 6.45) is 4.34. The molecule has 0 N–H and O–H groups in total. The van der Waals surface area contributed by atoms with Crippen molar-refractivity contribution in [3.63, 3.8) is 0 Å². The van der Waals surface area contributed by atoms with Crippen LogP contribution < -0.4 is 5.56 Å². The maximum atomic E-state index is 12.2. The van der Waals surface area contributed by atoms with Gasteiger partial charge in [0.05, 0.1) is 22.9 Å². The van der Waals surface area contributed by atoms with Crippen LogP contribution in [0.5, 0.6) is 0 Å². The molecule has 0 unspecified atom stereocenters. The fourth-order valence-corrected chi connectivity index (χ4v) is 2.83. The van der Waals surface area contributed by atoms with Gasteiger partial charge in [-0.1, -0.05) is 0 Å². The van der Waals surface area contributed by atoms with Gasteiger partial charge in [0, 0.05) is 12.7 Å². The number of thioether (sulfide) groups is 1. The minimum atomic E-state index is 0.0740. The minimum absolute atomic E-state index is 0.0740. The van der Waals surface area contributed by atoms with E-state index in [1.54, 1.807) is 18.5 Å². The Morgan fingerprint density at radius 2 is 2.38 bits per heavy atom. The van der Waals surface area contributed by atoms with Gasteiger partial charge in [-0.2, -0.15) is 11.8 Å². The van der Waals surface area contributed by atoms with Crippen molar-refractivity contribution in [2.75, 3.05) is 5.75 Å². The molecule has 1 aliphatic heterocycles. The highest BCUT2D eigenvalue weighted by atomic mass is 32.2. The number of pyridine rings is 1. The highest BCUT2D eigenvalue weighted by molar-refractivity contribution is 7.98. The first kappa shape index (κ1) is 9.84. The highest BCUT2D eigenvalue weighted by Crippen LogP contribution is 2.17. The molecule has 4 nitrogen and oxygen atoms in total. The van der Waals surface area contributed by atoms with E-state index in [0.717, 1.165) is 30.3 Å². The van der Waals surface area contributed by atoms with Crippen molar-refractivity contribution in [2.24, 2.45) is 0 Å². The van der Waals surface area contributed by atoms with Gasteiger partial charge in [0.25, 0.3) is 5.56 Å². The smallest absolute Gasteiger partial charge is 0.261 e. The molecular weight excluding hydrogens is 222 g/mol. The van der Waals surface area contributed by atoms with E-state index >= 15 is 0 Å². The van der Waals surface area contributed by atoms with Crippen molar-refractivity contribution in [3.05, 3.63) is 34.6 Å². The van der Waals surface area contributed by atoms with Gasteiger partial charge in [-0.3, -0.25) is 14.3 Å². The molecule has 0 amide bonds. The average Bonchev–Trinajstić information content (AvgIpc) is 2.55. The third-order valence-corrected chi connectivity index (χ3v) is 3.78. The van der Waals surface area contributed by atoms with Gasteiger partial charge in [0.1, 0.15) is 5.82 Å². The molecule has 2 aromatic rings. The Morgan fingerprint density at radius 3 is 3.31 bits per heavy atom. The van der Waals surface area contributed by atoms with E-state index in [-0.39, 0.29) is 5.56 Å². The second-order valence-electron chi connectivity index (χ2n) is 3.78. The Morgan fingerprint density at radius 1 is 1.44 bits per heavy atom. The van der Waals surface area contributed by atoms with E-state index in [1.807, 2.05) is 16.3 Å². The van der Waals surface area contributed by atoms with E-state index in [2.05, 4.69) is 9.97 Å². The first-order valence-electron chi connectivity index (χ1n) is 5.27. The molecule has 0 bridgehead atoms. The second kappa shape index (κ2) is 3.90. The minimum Gasteiger partial charge on any atom is -0.295 e. The summed E-state index contributed by atoms with van der Waals surface area (Å²) in [7, 11) is 0. The van der Waals surface area contributed by atoms with Crippen LogP contribution in [0, 0.1) is 0 Å². The summed E-state index contributed by atoms with van der Waals surface area (Å²) < 4.78 is 1.81. The second-order valence-corrected chi connectivity index (χ2v) is 4.89. The Labute approximate surface area is 96.7 Å². The molecule has 0 aliphatic carbocycles. The monoisotopic (exact) mass is 233 g/mol. The van der Waals surface area contributed by atoms with Gasteiger partial charge in [-0.05, 0) is 18.2 Å². The van der Waals surface area contributed by atoms with Crippen LogP contribution >= 0.6 is 11.8 Å². The summed E-state index contributed by atoms with van der Waals surface area (Å²) in [6.45, 7) is 0.784. The van der Waals surface area contributed by atoms with E-state index in [4.69, 9.17) is 0 Å². The lowest BCUT2D eigenvalue weighted by atomic mass is 10.3. The van der Waals surface area contributed by atoms with Crippen LogP contribution in [-0.2, 0) is 12.3 Å². The molecule has 82 valence electrons. The maximum absolute atomic E-state index is 12.2. The van der Waals surface area contributed by atoms with Crippen LogP contribution in [0.25, 0.3) is 10.9 Å². The maximum Gasteiger partial charge on any atom is 0.261 e. The van der Waals surface area contributed by atoms with Crippen LogP contribution in [0.4, 0.5) is 0 Å². The molecular formula is C11H11N3OS. The van der Waals surface area contributed by atoms with Crippen molar-refractivity contribution < 1.29 is 0 Å². The summed E-state index contributed by atoms with van der Waals surface area (Å²) in [5.41, 5.74) is 0.783. The zero-order valence-corrected chi connectivity index (χ0v) is 9.54. The van der Waals surface area contributed by atoms with E-state index in [0.29, 0.717) is 10.9 Å². The lowest BCUT2D eigenvalue weighted by Gasteiger charge is -2.08. The normalized spacial score (nSPS) is 15.8. The summed E-state index contributed by atoms with van der Waals surface area (Å²) in [4.78, 5) is 20.7. The van der Waals surface area contributed by atoms with Gasteiger partial charge in [0.15, 0.2) is 0 Å². The molecule has 5 heteroatoms. The molecule has 3 rings (SSSR count). The van der Waals surface area contributed by atoms with E-state index < -0.39 is 0 Å². The molecule has 0 radical (unpaired) electrons. The molecule has 0 fully saturated rings. The van der Waals surface area contributed by atoms with Crippen molar-refractivity contribution >= 4 is 22.7 Å². The Bertz CT molecular complexity index is 593. The molecule has 2 aromatic heterocycles. The first-order chi connectivity index (χ1) is 7.86. The topological polar surface area (TPSA) is 47.8 Å². The largest absolute Gasteiger partial charge is 0.295 e.